The SMILES string of the molecule is C[C@]12CCC=CC1=CC[C@H]1[C@@H]3CC[C@](O)(C(=O)CO)[C@@]3(C)C[C@H](O)[C@@]12F. The Morgan fingerprint density at radius 1 is 1.31 bits per heavy atom. The minimum absolute atomic E-state index is 0.0412. The lowest BCUT2D eigenvalue weighted by molar-refractivity contribution is -0.219. The summed E-state index contributed by atoms with van der Waals surface area (Å²) in [5, 5.41) is 31.5. The number of allylic oxidation sites excluding steroid dienone is 4. The van der Waals surface area contributed by atoms with Crippen molar-refractivity contribution in [3.63, 3.8) is 0 Å². The van der Waals surface area contributed by atoms with Gasteiger partial charge in [0.05, 0.1) is 6.10 Å². The first kappa shape index (κ1) is 18.3. The van der Waals surface area contributed by atoms with E-state index in [2.05, 4.69) is 12.2 Å². The van der Waals surface area contributed by atoms with Crippen LogP contribution in [0.3, 0.4) is 0 Å². The summed E-state index contributed by atoms with van der Waals surface area (Å²) in [6.45, 7) is 2.98. The largest absolute Gasteiger partial charge is 0.390 e. The lowest BCUT2D eigenvalue weighted by atomic mass is 9.45. The van der Waals surface area contributed by atoms with Crippen molar-refractivity contribution in [2.75, 3.05) is 6.61 Å². The molecule has 144 valence electrons. The Hall–Kier alpha value is -1.04. The number of halogens is 1. The van der Waals surface area contributed by atoms with Crippen molar-refractivity contribution in [3.05, 3.63) is 23.8 Å². The summed E-state index contributed by atoms with van der Waals surface area (Å²) in [6.07, 6.45) is 7.64. The molecule has 0 aromatic carbocycles. The molecular weight excluding hydrogens is 335 g/mol. The molecule has 0 saturated heterocycles. The van der Waals surface area contributed by atoms with E-state index in [4.69, 9.17) is 0 Å². The van der Waals surface area contributed by atoms with Gasteiger partial charge in [-0.1, -0.05) is 32.1 Å². The normalized spacial score (nSPS) is 52.7. The van der Waals surface area contributed by atoms with E-state index in [1.165, 1.54) is 0 Å². The van der Waals surface area contributed by atoms with Gasteiger partial charge in [-0.05, 0) is 50.0 Å². The van der Waals surface area contributed by atoms with Gasteiger partial charge in [-0.2, -0.15) is 0 Å². The molecule has 2 saturated carbocycles. The number of alkyl halides is 1. The number of hydrogen-bond donors (Lipinski definition) is 3. The van der Waals surface area contributed by atoms with Crippen molar-refractivity contribution >= 4 is 5.78 Å². The predicted molar refractivity (Wildman–Crippen MR) is 95.0 cm³/mol. The van der Waals surface area contributed by atoms with Crippen LogP contribution in [-0.4, -0.2) is 45.1 Å². The topological polar surface area (TPSA) is 77.8 Å². The van der Waals surface area contributed by atoms with Crippen LogP contribution in [0.15, 0.2) is 23.8 Å². The molecule has 5 heteroatoms. The first-order chi connectivity index (χ1) is 12.1. The quantitative estimate of drug-likeness (QED) is 0.703. The molecule has 0 heterocycles. The molecular formula is C21H29FO4. The third-order valence-corrected chi connectivity index (χ3v) is 8.50. The second kappa shape index (κ2) is 5.49. The van der Waals surface area contributed by atoms with Gasteiger partial charge >= 0.3 is 0 Å². The maximum Gasteiger partial charge on any atom is 0.190 e. The van der Waals surface area contributed by atoms with Crippen LogP contribution in [0.4, 0.5) is 4.39 Å². The van der Waals surface area contributed by atoms with Crippen LogP contribution >= 0.6 is 0 Å². The van der Waals surface area contributed by atoms with Crippen LogP contribution in [-0.2, 0) is 4.79 Å². The van der Waals surface area contributed by atoms with E-state index in [0.29, 0.717) is 19.3 Å². The summed E-state index contributed by atoms with van der Waals surface area (Å²) < 4.78 is 16.7. The smallest absolute Gasteiger partial charge is 0.190 e. The second-order valence-electron chi connectivity index (χ2n) is 9.27. The molecule has 2 fully saturated rings. The molecule has 0 bridgehead atoms. The highest BCUT2D eigenvalue weighted by atomic mass is 19.1. The van der Waals surface area contributed by atoms with E-state index in [-0.39, 0.29) is 18.8 Å². The summed E-state index contributed by atoms with van der Waals surface area (Å²) in [5.74, 6) is -1.24. The van der Waals surface area contributed by atoms with Crippen LogP contribution in [0.5, 0.6) is 0 Å². The van der Waals surface area contributed by atoms with Gasteiger partial charge in [-0.3, -0.25) is 4.79 Å². The molecule has 0 aromatic rings. The maximum absolute atomic E-state index is 16.7. The zero-order valence-corrected chi connectivity index (χ0v) is 15.5. The number of aliphatic hydroxyl groups is 3. The molecule has 4 nitrogen and oxygen atoms in total. The Morgan fingerprint density at radius 2 is 2.04 bits per heavy atom. The monoisotopic (exact) mass is 364 g/mol. The van der Waals surface area contributed by atoms with Crippen molar-refractivity contribution in [2.24, 2.45) is 22.7 Å². The lowest BCUT2D eigenvalue weighted by Gasteiger charge is -2.62. The van der Waals surface area contributed by atoms with Crippen LogP contribution in [0.1, 0.15) is 52.4 Å². The van der Waals surface area contributed by atoms with E-state index < -0.39 is 46.5 Å². The molecule has 0 unspecified atom stereocenters. The second-order valence-corrected chi connectivity index (χ2v) is 9.27. The molecule has 4 rings (SSSR count). The average Bonchev–Trinajstić information content (AvgIpc) is 2.87. The fourth-order valence-electron chi connectivity index (χ4n) is 6.90. The number of fused-ring (bicyclic) bond motifs is 5. The van der Waals surface area contributed by atoms with E-state index >= 15 is 4.39 Å². The number of hydrogen-bond acceptors (Lipinski definition) is 4. The minimum atomic E-state index is -1.76. The average molecular weight is 364 g/mol. The molecule has 0 aliphatic heterocycles. The fourth-order valence-corrected chi connectivity index (χ4v) is 6.90. The first-order valence-electron chi connectivity index (χ1n) is 9.76. The van der Waals surface area contributed by atoms with Crippen LogP contribution in [0, 0.1) is 22.7 Å². The highest BCUT2D eigenvalue weighted by Gasteiger charge is 2.73. The number of carbonyl (C=O) groups is 1. The molecule has 0 spiro atoms. The number of aliphatic hydroxyl groups excluding tert-OH is 2. The zero-order chi connectivity index (χ0) is 19.0. The van der Waals surface area contributed by atoms with Crippen LogP contribution < -0.4 is 0 Å². The summed E-state index contributed by atoms with van der Waals surface area (Å²) in [7, 11) is 0. The van der Waals surface area contributed by atoms with E-state index in [0.717, 1.165) is 12.0 Å². The Labute approximate surface area is 153 Å². The summed E-state index contributed by atoms with van der Waals surface area (Å²) in [6, 6.07) is 0. The van der Waals surface area contributed by atoms with Gasteiger partial charge in [-0.25, -0.2) is 4.39 Å². The summed E-state index contributed by atoms with van der Waals surface area (Å²) in [4.78, 5) is 12.3. The number of ketones is 1. The molecule has 0 radical (unpaired) electrons. The Bertz CT molecular complexity index is 702. The third kappa shape index (κ3) is 1.87. The van der Waals surface area contributed by atoms with Crippen LogP contribution in [0.2, 0.25) is 0 Å². The van der Waals surface area contributed by atoms with Gasteiger partial charge in [-0.15, -0.1) is 0 Å². The minimum Gasteiger partial charge on any atom is -0.390 e. The van der Waals surface area contributed by atoms with Crippen LogP contribution in [0.25, 0.3) is 0 Å². The summed E-state index contributed by atoms with van der Waals surface area (Å²) >= 11 is 0. The zero-order valence-electron chi connectivity index (χ0n) is 15.5. The fraction of sp³-hybridized carbons (Fsp3) is 0.762. The highest BCUT2D eigenvalue weighted by Crippen LogP contribution is 2.69. The van der Waals surface area contributed by atoms with Gasteiger partial charge in [0.25, 0.3) is 0 Å². The third-order valence-electron chi connectivity index (χ3n) is 8.50. The standard InChI is InChI=1S/C21H29FO4/c1-18-9-4-3-5-13(18)6-7-15-14-8-10-20(26,17(25)12-23)19(14,2)11-16(24)21(15,18)22/h3,5-6,14-16,23-24,26H,4,7-12H2,1-2H3/t14-,15-,16-,18-,19-,20-,21-/m0/s1. The van der Waals surface area contributed by atoms with Gasteiger partial charge in [0.1, 0.15) is 17.9 Å². The molecule has 26 heavy (non-hydrogen) atoms. The van der Waals surface area contributed by atoms with Crippen molar-refractivity contribution < 1.29 is 24.5 Å². The molecule has 4 aliphatic carbocycles. The first-order valence-corrected chi connectivity index (χ1v) is 9.76. The van der Waals surface area contributed by atoms with E-state index in [1.54, 1.807) is 6.92 Å². The summed E-state index contributed by atoms with van der Waals surface area (Å²) in [5.41, 5.74) is -4.15. The molecule has 0 aromatic heterocycles. The van der Waals surface area contributed by atoms with Gasteiger partial charge in [0, 0.05) is 16.7 Å². The Balaban J connectivity index is 1.82. The number of carbonyl (C=O) groups excluding carboxylic acids is 1. The molecule has 3 N–H and O–H groups in total. The van der Waals surface area contributed by atoms with Crippen molar-refractivity contribution in [3.8, 4) is 0 Å². The number of rotatable bonds is 2. The van der Waals surface area contributed by atoms with Crippen molar-refractivity contribution in [2.45, 2.75) is 69.7 Å². The van der Waals surface area contributed by atoms with E-state index in [1.807, 2.05) is 13.0 Å². The Kier molecular flexibility index (Phi) is 3.87. The molecule has 0 amide bonds. The predicted octanol–water partition coefficient (Wildman–Crippen LogP) is 2.47. The maximum atomic E-state index is 16.7. The van der Waals surface area contributed by atoms with Crippen molar-refractivity contribution in [1.82, 2.24) is 0 Å². The Morgan fingerprint density at radius 3 is 2.73 bits per heavy atom. The van der Waals surface area contributed by atoms with Gasteiger partial charge in [0.2, 0.25) is 0 Å². The molecule has 7 atom stereocenters. The molecule has 4 aliphatic rings. The number of Topliss-reactive ketones (excluding diaryl/α,β-unsaturated/α-hetero) is 1. The van der Waals surface area contributed by atoms with Gasteiger partial charge < -0.3 is 15.3 Å². The van der Waals surface area contributed by atoms with Gasteiger partial charge in [0.15, 0.2) is 5.78 Å². The lowest BCUT2D eigenvalue weighted by Crippen LogP contribution is -2.68. The van der Waals surface area contributed by atoms with Crippen molar-refractivity contribution in [1.29, 1.82) is 0 Å². The highest BCUT2D eigenvalue weighted by molar-refractivity contribution is 5.89. The van der Waals surface area contributed by atoms with E-state index in [9.17, 15) is 20.1 Å².